The highest BCUT2D eigenvalue weighted by atomic mass is 35.5. The summed E-state index contributed by atoms with van der Waals surface area (Å²) in [4.78, 5) is 20.3. The third-order valence-electron chi connectivity index (χ3n) is 1.35. The van der Waals surface area contributed by atoms with Gasteiger partial charge < -0.3 is 15.9 Å². The summed E-state index contributed by atoms with van der Waals surface area (Å²) in [6.07, 6.45) is -0.0370. The van der Waals surface area contributed by atoms with Gasteiger partial charge in [0.2, 0.25) is 0 Å². The fraction of sp³-hybridized carbons (Fsp3) is 0.667. The third kappa shape index (κ3) is 4.92. The maximum absolute atomic E-state index is 10.2. The number of halogens is 1. The standard InChI is InChI=1S/C6H11NO4.ClH/c1-3(5(8)9)2-4(7)6(10)11;/h3-4H,2,7H2,1H3,(H,8,9)(H,10,11);1H/t3-,4-;/m0./s1. The van der Waals surface area contributed by atoms with Crippen molar-refractivity contribution in [3.8, 4) is 0 Å². The minimum absolute atomic E-state index is 0. The Labute approximate surface area is 76.0 Å². The van der Waals surface area contributed by atoms with E-state index in [1.54, 1.807) is 0 Å². The summed E-state index contributed by atoms with van der Waals surface area (Å²) in [5.41, 5.74) is 5.09. The number of aliphatic carboxylic acids is 2. The zero-order valence-electron chi connectivity index (χ0n) is 6.56. The van der Waals surface area contributed by atoms with E-state index in [-0.39, 0.29) is 18.8 Å². The van der Waals surface area contributed by atoms with E-state index >= 15 is 0 Å². The molecule has 0 rings (SSSR count). The van der Waals surface area contributed by atoms with E-state index in [9.17, 15) is 9.59 Å². The van der Waals surface area contributed by atoms with Gasteiger partial charge in [0.05, 0.1) is 5.92 Å². The highest BCUT2D eigenvalue weighted by Crippen LogP contribution is 2.04. The second kappa shape index (κ2) is 5.79. The zero-order chi connectivity index (χ0) is 9.02. The van der Waals surface area contributed by atoms with Crippen LogP contribution in [0.1, 0.15) is 13.3 Å². The minimum atomic E-state index is -1.17. The topological polar surface area (TPSA) is 101 Å². The van der Waals surface area contributed by atoms with Crippen molar-refractivity contribution in [2.45, 2.75) is 19.4 Å². The summed E-state index contributed by atoms with van der Waals surface area (Å²) in [7, 11) is 0. The van der Waals surface area contributed by atoms with Gasteiger partial charge in [-0.15, -0.1) is 12.4 Å². The van der Waals surface area contributed by atoms with E-state index in [0.29, 0.717) is 0 Å². The lowest BCUT2D eigenvalue weighted by Gasteiger charge is -2.08. The molecule has 0 radical (unpaired) electrons. The molecule has 0 bridgehead atoms. The lowest BCUT2D eigenvalue weighted by molar-refractivity contribution is -0.143. The predicted molar refractivity (Wildman–Crippen MR) is 44.3 cm³/mol. The van der Waals surface area contributed by atoms with Crippen molar-refractivity contribution >= 4 is 24.3 Å². The number of hydrogen-bond donors (Lipinski definition) is 3. The Morgan fingerprint density at radius 1 is 1.33 bits per heavy atom. The van der Waals surface area contributed by atoms with Crippen molar-refractivity contribution in [3.63, 3.8) is 0 Å². The molecule has 0 spiro atoms. The van der Waals surface area contributed by atoms with Crippen LogP contribution in [0, 0.1) is 5.92 Å². The molecule has 0 saturated heterocycles. The normalized spacial score (nSPS) is 14.2. The average molecular weight is 198 g/mol. The first-order chi connectivity index (χ1) is 4.95. The molecule has 0 heterocycles. The molecule has 0 fully saturated rings. The second-order valence-electron chi connectivity index (χ2n) is 2.42. The molecule has 0 aromatic heterocycles. The van der Waals surface area contributed by atoms with Crippen LogP contribution in [0.4, 0.5) is 0 Å². The van der Waals surface area contributed by atoms with E-state index in [0.717, 1.165) is 0 Å². The first-order valence-corrected chi connectivity index (χ1v) is 3.16. The van der Waals surface area contributed by atoms with Crippen LogP contribution in [0.15, 0.2) is 0 Å². The van der Waals surface area contributed by atoms with Crippen LogP contribution in [-0.4, -0.2) is 28.2 Å². The average Bonchev–Trinajstić information content (AvgIpc) is 1.87. The van der Waals surface area contributed by atoms with Crippen molar-refractivity contribution < 1.29 is 19.8 Å². The summed E-state index contributed by atoms with van der Waals surface area (Å²) >= 11 is 0. The molecule has 72 valence electrons. The van der Waals surface area contributed by atoms with Crippen LogP contribution in [0.25, 0.3) is 0 Å². The maximum atomic E-state index is 10.2. The molecule has 6 heteroatoms. The Bertz CT molecular complexity index is 155. The zero-order valence-corrected chi connectivity index (χ0v) is 7.37. The van der Waals surface area contributed by atoms with Crippen molar-refractivity contribution in [2.24, 2.45) is 11.7 Å². The quantitative estimate of drug-likeness (QED) is 0.586. The van der Waals surface area contributed by atoms with E-state index in [4.69, 9.17) is 15.9 Å². The lowest BCUT2D eigenvalue weighted by Crippen LogP contribution is -2.33. The molecule has 0 amide bonds. The van der Waals surface area contributed by atoms with Gasteiger partial charge in [-0.05, 0) is 6.42 Å². The molecule has 2 atom stereocenters. The molecule has 0 unspecified atom stereocenters. The molecule has 0 aromatic rings. The predicted octanol–water partition coefficient (Wildman–Crippen LogP) is -0.0691. The number of rotatable bonds is 4. The van der Waals surface area contributed by atoms with Gasteiger partial charge in [0.15, 0.2) is 0 Å². The van der Waals surface area contributed by atoms with Gasteiger partial charge >= 0.3 is 11.9 Å². The smallest absolute Gasteiger partial charge is 0.320 e. The molecule has 0 aromatic carbocycles. The third-order valence-corrected chi connectivity index (χ3v) is 1.35. The maximum Gasteiger partial charge on any atom is 0.320 e. The Balaban J connectivity index is 0. The van der Waals surface area contributed by atoms with Crippen LogP contribution in [0.5, 0.6) is 0 Å². The second-order valence-corrected chi connectivity index (χ2v) is 2.42. The summed E-state index contributed by atoms with van der Waals surface area (Å²) < 4.78 is 0. The summed E-state index contributed by atoms with van der Waals surface area (Å²) in [5.74, 6) is -2.90. The van der Waals surface area contributed by atoms with E-state index < -0.39 is 23.9 Å². The Kier molecular flexibility index (Phi) is 6.64. The monoisotopic (exact) mass is 197 g/mol. The molecular weight excluding hydrogens is 186 g/mol. The van der Waals surface area contributed by atoms with E-state index in [2.05, 4.69) is 0 Å². The molecule has 0 aliphatic rings. The molecule has 0 aliphatic heterocycles. The number of carboxylic acids is 2. The van der Waals surface area contributed by atoms with Gasteiger partial charge in [0, 0.05) is 0 Å². The molecule has 4 N–H and O–H groups in total. The molecule has 12 heavy (non-hydrogen) atoms. The van der Waals surface area contributed by atoms with Crippen LogP contribution in [-0.2, 0) is 9.59 Å². The van der Waals surface area contributed by atoms with Gasteiger partial charge in [-0.1, -0.05) is 6.92 Å². The van der Waals surface area contributed by atoms with Crippen LogP contribution in [0.3, 0.4) is 0 Å². The van der Waals surface area contributed by atoms with E-state index in [1.165, 1.54) is 6.92 Å². The molecule has 0 saturated carbocycles. The fourth-order valence-corrected chi connectivity index (χ4v) is 0.583. The van der Waals surface area contributed by atoms with Crippen molar-refractivity contribution in [3.05, 3.63) is 0 Å². The SMILES string of the molecule is C[C@@H](C[C@H](N)C(=O)O)C(=O)O.Cl. The largest absolute Gasteiger partial charge is 0.481 e. The minimum Gasteiger partial charge on any atom is -0.481 e. The van der Waals surface area contributed by atoms with Crippen molar-refractivity contribution in [1.82, 2.24) is 0 Å². The molecule has 0 aliphatic carbocycles. The first kappa shape index (κ1) is 13.8. The Hall–Kier alpha value is -0.810. The molecule has 5 nitrogen and oxygen atoms in total. The van der Waals surface area contributed by atoms with Gasteiger partial charge in [-0.25, -0.2) is 0 Å². The highest BCUT2D eigenvalue weighted by molar-refractivity contribution is 5.85. The highest BCUT2D eigenvalue weighted by Gasteiger charge is 2.19. The van der Waals surface area contributed by atoms with E-state index in [1.807, 2.05) is 0 Å². The van der Waals surface area contributed by atoms with Crippen molar-refractivity contribution in [2.75, 3.05) is 0 Å². The van der Waals surface area contributed by atoms with Gasteiger partial charge in [0.1, 0.15) is 6.04 Å². The van der Waals surface area contributed by atoms with Crippen LogP contribution < -0.4 is 5.73 Å². The number of nitrogens with two attached hydrogens (primary N) is 1. The summed E-state index contributed by atoms with van der Waals surface area (Å²) in [5, 5.41) is 16.7. The van der Waals surface area contributed by atoms with Crippen LogP contribution >= 0.6 is 12.4 Å². The molecular formula is C6H12ClNO4. The number of carbonyl (C=O) groups is 2. The number of carboxylic acid groups (broad SMARTS) is 2. The first-order valence-electron chi connectivity index (χ1n) is 3.16. The fourth-order valence-electron chi connectivity index (χ4n) is 0.583. The Morgan fingerprint density at radius 3 is 2.00 bits per heavy atom. The Morgan fingerprint density at radius 2 is 1.75 bits per heavy atom. The summed E-state index contributed by atoms with van der Waals surface area (Å²) in [6, 6.07) is -1.08. The number of hydrogen-bond acceptors (Lipinski definition) is 3. The van der Waals surface area contributed by atoms with Crippen LogP contribution in [0.2, 0.25) is 0 Å². The van der Waals surface area contributed by atoms with Gasteiger partial charge in [-0.3, -0.25) is 9.59 Å². The van der Waals surface area contributed by atoms with Gasteiger partial charge in [-0.2, -0.15) is 0 Å². The van der Waals surface area contributed by atoms with Crippen molar-refractivity contribution in [1.29, 1.82) is 0 Å². The lowest BCUT2D eigenvalue weighted by atomic mass is 10.0. The summed E-state index contributed by atoms with van der Waals surface area (Å²) in [6.45, 7) is 1.42. The van der Waals surface area contributed by atoms with Gasteiger partial charge in [0.25, 0.3) is 0 Å².